The molecule has 0 aliphatic heterocycles. The molecule has 1 atom stereocenters. The Morgan fingerprint density at radius 2 is 1.83 bits per heavy atom. The minimum atomic E-state index is -0.937. The fourth-order valence-electron chi connectivity index (χ4n) is 2.13. The molecule has 0 fully saturated rings. The Bertz CT molecular complexity index is 783. The summed E-state index contributed by atoms with van der Waals surface area (Å²) >= 11 is 5.97. The smallest absolute Gasteiger partial charge is 0.253 e. The molecule has 2 aromatic carbocycles. The maximum atomic E-state index is 12.3. The number of nitrogens with zero attached hydrogens (tertiary/aromatic N) is 1. The van der Waals surface area contributed by atoms with Gasteiger partial charge in [-0.15, -0.1) is 0 Å². The first kappa shape index (κ1) is 16.5. The number of hydrogen-bond acceptors (Lipinski definition) is 3. The van der Waals surface area contributed by atoms with Crippen LogP contribution in [0.2, 0.25) is 5.02 Å². The molecule has 0 heterocycles. The van der Waals surface area contributed by atoms with Gasteiger partial charge < -0.3 is 11.1 Å². The molecule has 0 saturated carbocycles. The van der Waals surface area contributed by atoms with Crippen LogP contribution in [0.25, 0.3) is 0 Å². The summed E-state index contributed by atoms with van der Waals surface area (Å²) in [6.07, 6.45) is 0.134. The number of nitrogens with two attached hydrogens (primary N) is 1. The van der Waals surface area contributed by atoms with E-state index in [4.69, 9.17) is 22.6 Å². The molecule has 0 aliphatic carbocycles. The Balaban J connectivity index is 2.20. The molecule has 116 valence electrons. The minimum absolute atomic E-state index is 0.134. The standard InChI is InChI=1S/C17H14ClN3O2/c18-14-8-4-3-7-13(14)17(23)21-15(16(20)22)9-11-5-1-2-6-12(11)10-19/h1-8,15H,9H2,(H2,20,22)(H,21,23)/t15-/m1/s1. The van der Waals surface area contributed by atoms with E-state index in [2.05, 4.69) is 5.32 Å². The molecule has 2 rings (SSSR count). The Hall–Kier alpha value is -2.84. The lowest BCUT2D eigenvalue weighted by atomic mass is 10.00. The predicted molar refractivity (Wildman–Crippen MR) is 86.8 cm³/mol. The van der Waals surface area contributed by atoms with Crippen LogP contribution in [0.1, 0.15) is 21.5 Å². The lowest BCUT2D eigenvalue weighted by molar-refractivity contribution is -0.119. The van der Waals surface area contributed by atoms with Crippen LogP contribution in [0.15, 0.2) is 48.5 Å². The van der Waals surface area contributed by atoms with E-state index >= 15 is 0 Å². The molecule has 0 bridgehead atoms. The van der Waals surface area contributed by atoms with Gasteiger partial charge in [-0.2, -0.15) is 5.26 Å². The average molecular weight is 328 g/mol. The topological polar surface area (TPSA) is 96.0 Å². The van der Waals surface area contributed by atoms with E-state index in [-0.39, 0.29) is 17.0 Å². The highest BCUT2D eigenvalue weighted by molar-refractivity contribution is 6.33. The van der Waals surface area contributed by atoms with E-state index in [1.165, 1.54) is 0 Å². The van der Waals surface area contributed by atoms with Crippen molar-refractivity contribution in [2.24, 2.45) is 5.73 Å². The molecule has 2 aromatic rings. The van der Waals surface area contributed by atoms with E-state index < -0.39 is 17.9 Å². The van der Waals surface area contributed by atoms with Gasteiger partial charge in [0.2, 0.25) is 5.91 Å². The second-order valence-corrected chi connectivity index (χ2v) is 5.29. The van der Waals surface area contributed by atoms with E-state index in [1.54, 1.807) is 48.5 Å². The molecule has 0 aliphatic rings. The van der Waals surface area contributed by atoms with Crippen molar-refractivity contribution in [1.82, 2.24) is 5.32 Å². The normalized spacial score (nSPS) is 11.3. The monoisotopic (exact) mass is 327 g/mol. The lowest BCUT2D eigenvalue weighted by Gasteiger charge is -2.16. The summed E-state index contributed by atoms with van der Waals surface area (Å²) in [7, 11) is 0. The maximum absolute atomic E-state index is 12.3. The predicted octanol–water partition coefficient (Wildman–Crippen LogP) is 2.04. The van der Waals surface area contributed by atoms with Gasteiger partial charge in [0.1, 0.15) is 6.04 Å². The van der Waals surface area contributed by atoms with Crippen molar-refractivity contribution < 1.29 is 9.59 Å². The van der Waals surface area contributed by atoms with Gasteiger partial charge in [0.15, 0.2) is 0 Å². The molecule has 0 spiro atoms. The van der Waals surface area contributed by atoms with Crippen LogP contribution in [0.4, 0.5) is 0 Å². The van der Waals surface area contributed by atoms with Gasteiger partial charge in [0.05, 0.1) is 22.2 Å². The maximum Gasteiger partial charge on any atom is 0.253 e. The van der Waals surface area contributed by atoms with Crippen LogP contribution in [0, 0.1) is 11.3 Å². The molecular weight excluding hydrogens is 314 g/mol. The molecule has 0 unspecified atom stereocenters. The molecule has 0 aromatic heterocycles. The Morgan fingerprint density at radius 1 is 1.17 bits per heavy atom. The van der Waals surface area contributed by atoms with Crippen molar-refractivity contribution in [3.8, 4) is 6.07 Å². The molecule has 0 saturated heterocycles. The van der Waals surface area contributed by atoms with E-state index in [1.807, 2.05) is 6.07 Å². The second kappa shape index (κ2) is 7.43. The summed E-state index contributed by atoms with van der Waals surface area (Å²) in [5.74, 6) is -1.17. The Kier molecular flexibility index (Phi) is 5.34. The van der Waals surface area contributed by atoms with Crippen molar-refractivity contribution in [3.05, 3.63) is 70.2 Å². The minimum Gasteiger partial charge on any atom is -0.368 e. The quantitative estimate of drug-likeness (QED) is 0.879. The molecule has 3 N–H and O–H groups in total. The van der Waals surface area contributed by atoms with Crippen molar-refractivity contribution in [3.63, 3.8) is 0 Å². The number of primary amides is 1. The van der Waals surface area contributed by atoms with Gasteiger partial charge in [-0.1, -0.05) is 41.9 Å². The largest absolute Gasteiger partial charge is 0.368 e. The van der Waals surface area contributed by atoms with Gasteiger partial charge in [0, 0.05) is 6.42 Å². The van der Waals surface area contributed by atoms with Crippen LogP contribution in [-0.2, 0) is 11.2 Å². The third kappa shape index (κ3) is 4.09. The van der Waals surface area contributed by atoms with Crippen molar-refractivity contribution in [2.75, 3.05) is 0 Å². The number of benzene rings is 2. The highest BCUT2D eigenvalue weighted by Gasteiger charge is 2.21. The van der Waals surface area contributed by atoms with Gasteiger partial charge in [-0.25, -0.2) is 0 Å². The summed E-state index contributed by atoms with van der Waals surface area (Å²) in [6.45, 7) is 0. The third-order valence-corrected chi connectivity index (χ3v) is 3.66. The zero-order valence-corrected chi connectivity index (χ0v) is 12.9. The average Bonchev–Trinajstić information content (AvgIpc) is 2.54. The molecule has 6 heteroatoms. The lowest BCUT2D eigenvalue weighted by Crippen LogP contribution is -2.46. The number of nitriles is 1. The summed E-state index contributed by atoms with van der Waals surface area (Å²) < 4.78 is 0. The summed E-state index contributed by atoms with van der Waals surface area (Å²) in [5.41, 5.74) is 6.70. The van der Waals surface area contributed by atoms with Crippen molar-refractivity contribution >= 4 is 23.4 Å². The fourth-order valence-corrected chi connectivity index (χ4v) is 2.35. The third-order valence-electron chi connectivity index (χ3n) is 3.33. The first-order valence-electron chi connectivity index (χ1n) is 6.85. The van der Waals surface area contributed by atoms with Crippen molar-refractivity contribution in [2.45, 2.75) is 12.5 Å². The fraction of sp³-hybridized carbons (Fsp3) is 0.118. The number of rotatable bonds is 5. The number of amides is 2. The number of carbonyl (C=O) groups excluding carboxylic acids is 2. The van der Waals surface area contributed by atoms with Crippen LogP contribution in [0.5, 0.6) is 0 Å². The van der Waals surface area contributed by atoms with Gasteiger partial charge in [-0.3, -0.25) is 9.59 Å². The van der Waals surface area contributed by atoms with Crippen LogP contribution >= 0.6 is 11.6 Å². The van der Waals surface area contributed by atoms with Crippen LogP contribution in [0.3, 0.4) is 0 Å². The molecule has 5 nitrogen and oxygen atoms in total. The van der Waals surface area contributed by atoms with E-state index in [9.17, 15) is 9.59 Å². The van der Waals surface area contributed by atoms with E-state index in [0.717, 1.165) is 0 Å². The van der Waals surface area contributed by atoms with Gasteiger partial charge >= 0.3 is 0 Å². The van der Waals surface area contributed by atoms with Crippen LogP contribution < -0.4 is 11.1 Å². The first-order valence-corrected chi connectivity index (χ1v) is 7.23. The molecule has 0 radical (unpaired) electrons. The number of hydrogen-bond donors (Lipinski definition) is 2. The zero-order valence-electron chi connectivity index (χ0n) is 12.1. The zero-order chi connectivity index (χ0) is 16.8. The number of carbonyl (C=O) groups is 2. The Morgan fingerprint density at radius 3 is 2.48 bits per heavy atom. The molecule has 2 amide bonds. The summed E-state index contributed by atoms with van der Waals surface area (Å²) in [6, 6.07) is 14.5. The van der Waals surface area contributed by atoms with Gasteiger partial charge in [-0.05, 0) is 23.8 Å². The highest BCUT2D eigenvalue weighted by atomic mass is 35.5. The highest BCUT2D eigenvalue weighted by Crippen LogP contribution is 2.15. The SMILES string of the molecule is N#Cc1ccccc1C[C@@H](NC(=O)c1ccccc1Cl)C(N)=O. The van der Waals surface area contributed by atoms with Crippen molar-refractivity contribution in [1.29, 1.82) is 5.26 Å². The summed E-state index contributed by atoms with van der Waals surface area (Å²) in [4.78, 5) is 23.9. The summed E-state index contributed by atoms with van der Waals surface area (Å²) in [5, 5.41) is 11.9. The Labute approximate surface area is 138 Å². The second-order valence-electron chi connectivity index (χ2n) is 4.88. The van der Waals surface area contributed by atoms with Crippen LogP contribution in [-0.4, -0.2) is 17.9 Å². The number of halogens is 1. The first-order chi connectivity index (χ1) is 11.0. The molecule has 23 heavy (non-hydrogen) atoms. The van der Waals surface area contributed by atoms with Gasteiger partial charge in [0.25, 0.3) is 5.91 Å². The molecular formula is C17H14ClN3O2. The number of nitrogens with one attached hydrogen (secondary N) is 1. The van der Waals surface area contributed by atoms with E-state index in [0.29, 0.717) is 11.1 Å².